The zero-order valence-electron chi connectivity index (χ0n) is 12.1. The molecule has 9 heteroatoms. The fourth-order valence-electron chi connectivity index (χ4n) is 1.99. The van der Waals surface area contributed by atoms with Crippen molar-refractivity contribution in [3.63, 3.8) is 0 Å². The van der Waals surface area contributed by atoms with Crippen molar-refractivity contribution in [3.8, 4) is 0 Å². The van der Waals surface area contributed by atoms with Gasteiger partial charge in [0.25, 0.3) is 0 Å². The van der Waals surface area contributed by atoms with Crippen molar-refractivity contribution in [1.29, 1.82) is 5.41 Å². The average Bonchev–Trinajstić information content (AvgIpc) is 2.56. The van der Waals surface area contributed by atoms with Crippen LogP contribution in [-0.4, -0.2) is 28.8 Å². The third-order valence-corrected chi connectivity index (χ3v) is 3.54. The molecule has 24 heavy (non-hydrogen) atoms. The number of benzene rings is 1. The molecule has 1 aromatic heterocycles. The topological polar surface area (TPSA) is 109 Å². The maximum Gasteiger partial charge on any atom is 0.239 e. The number of carbonyl (C=O) groups excluding carboxylic acids is 2. The summed E-state index contributed by atoms with van der Waals surface area (Å²) < 4.78 is 13.5. The molecule has 0 spiro atoms. The lowest BCUT2D eigenvalue weighted by Crippen LogP contribution is -2.18. The zero-order valence-corrected chi connectivity index (χ0v) is 13.6. The van der Waals surface area contributed by atoms with Gasteiger partial charge in [0, 0.05) is 23.5 Å². The number of aromatic nitrogens is 1. The number of hydrogen-bond acceptors (Lipinski definition) is 5. The molecule has 1 heterocycles. The summed E-state index contributed by atoms with van der Waals surface area (Å²) in [6.07, 6.45) is 2.00. The quantitative estimate of drug-likeness (QED) is 0.326. The van der Waals surface area contributed by atoms with Crippen molar-refractivity contribution in [1.82, 2.24) is 4.98 Å². The molecule has 6 nitrogen and oxygen atoms in total. The fraction of sp³-hybridized carbons (Fsp3) is 0.0667. The van der Waals surface area contributed by atoms with Crippen LogP contribution in [0, 0.1) is 11.2 Å². The second-order valence-corrected chi connectivity index (χ2v) is 5.33. The second-order valence-electron chi connectivity index (χ2n) is 4.63. The molecule has 0 aliphatic heterocycles. The number of ketones is 1. The average molecular weight is 369 g/mol. The molecule has 124 valence electrons. The number of anilines is 2. The van der Waals surface area contributed by atoms with E-state index in [9.17, 15) is 14.0 Å². The third kappa shape index (κ3) is 3.52. The number of rotatable bonds is 5. The molecule has 1 amide bonds. The number of hydrogen-bond donors (Lipinski definition) is 3. The Kier molecular flexibility index (Phi) is 5.48. The number of nitrogens with zero attached hydrogens (tertiary/aromatic N) is 1. The number of nitrogens with one attached hydrogen (secondary N) is 2. The predicted molar refractivity (Wildman–Crippen MR) is 90.7 cm³/mol. The summed E-state index contributed by atoms with van der Waals surface area (Å²) in [5, 5.41) is 9.97. The molecule has 0 radical (unpaired) electrons. The summed E-state index contributed by atoms with van der Waals surface area (Å²) in [6, 6.07) is 3.55. The zero-order chi connectivity index (χ0) is 17.9. The van der Waals surface area contributed by atoms with Gasteiger partial charge in [0.2, 0.25) is 11.7 Å². The first-order valence-corrected chi connectivity index (χ1v) is 7.44. The lowest BCUT2D eigenvalue weighted by Gasteiger charge is -2.12. The van der Waals surface area contributed by atoms with Crippen molar-refractivity contribution in [2.45, 2.75) is 0 Å². The number of amides is 1. The molecule has 2 rings (SSSR count). The van der Waals surface area contributed by atoms with E-state index >= 15 is 0 Å². The highest BCUT2D eigenvalue weighted by atomic mass is 35.5. The lowest BCUT2D eigenvalue weighted by atomic mass is 9.99. The van der Waals surface area contributed by atoms with Gasteiger partial charge in [-0.1, -0.05) is 11.6 Å². The van der Waals surface area contributed by atoms with E-state index < -0.39 is 17.5 Å². The SMILES string of the molecule is N=Cc1c(C(=O)c2ncc(Cl)cc2NC(=O)CCl)ccc(F)c1N. The van der Waals surface area contributed by atoms with Crippen LogP contribution in [0.1, 0.15) is 21.6 Å². The Balaban J connectivity index is 2.57. The van der Waals surface area contributed by atoms with Gasteiger partial charge in [-0.2, -0.15) is 0 Å². The summed E-state index contributed by atoms with van der Waals surface area (Å²) in [6.45, 7) is 0. The Morgan fingerprint density at radius 2 is 2.12 bits per heavy atom. The Labute approximate surface area is 146 Å². The molecule has 0 aliphatic carbocycles. The highest BCUT2D eigenvalue weighted by Gasteiger charge is 2.21. The van der Waals surface area contributed by atoms with Crippen molar-refractivity contribution < 1.29 is 14.0 Å². The van der Waals surface area contributed by atoms with Crippen LogP contribution in [-0.2, 0) is 4.79 Å². The predicted octanol–water partition coefficient (Wildman–Crippen LogP) is 2.86. The molecule has 0 aliphatic rings. The second kappa shape index (κ2) is 7.37. The smallest absolute Gasteiger partial charge is 0.239 e. The first kappa shape index (κ1) is 17.8. The van der Waals surface area contributed by atoms with Crippen molar-refractivity contribution in [2.24, 2.45) is 0 Å². The van der Waals surface area contributed by atoms with E-state index in [2.05, 4.69) is 10.3 Å². The molecule has 0 atom stereocenters. The Morgan fingerprint density at radius 3 is 2.75 bits per heavy atom. The monoisotopic (exact) mass is 368 g/mol. The van der Waals surface area contributed by atoms with E-state index in [1.807, 2.05) is 0 Å². The van der Waals surface area contributed by atoms with Gasteiger partial charge in [-0.25, -0.2) is 9.37 Å². The van der Waals surface area contributed by atoms with Gasteiger partial charge in [-0.15, -0.1) is 11.6 Å². The summed E-state index contributed by atoms with van der Waals surface area (Å²) >= 11 is 11.3. The van der Waals surface area contributed by atoms with Crippen LogP contribution in [0.3, 0.4) is 0 Å². The summed E-state index contributed by atoms with van der Waals surface area (Å²) in [4.78, 5) is 28.1. The van der Waals surface area contributed by atoms with E-state index in [1.54, 1.807) is 0 Å². The minimum absolute atomic E-state index is 0.0277. The highest BCUT2D eigenvalue weighted by molar-refractivity contribution is 6.32. The van der Waals surface area contributed by atoms with Crippen LogP contribution in [0.25, 0.3) is 0 Å². The minimum Gasteiger partial charge on any atom is -0.396 e. The Morgan fingerprint density at radius 1 is 1.42 bits per heavy atom. The molecular formula is C15H11Cl2FN4O2. The van der Waals surface area contributed by atoms with E-state index in [-0.39, 0.29) is 39.1 Å². The molecule has 2 aromatic rings. The molecule has 1 aromatic carbocycles. The van der Waals surface area contributed by atoms with Crippen LogP contribution in [0.15, 0.2) is 24.4 Å². The third-order valence-electron chi connectivity index (χ3n) is 3.09. The van der Waals surface area contributed by atoms with Gasteiger partial charge in [-0.05, 0) is 18.2 Å². The molecule has 0 unspecified atom stereocenters. The van der Waals surface area contributed by atoms with E-state index in [0.717, 1.165) is 12.3 Å². The van der Waals surface area contributed by atoms with E-state index in [0.29, 0.717) is 0 Å². The molecule has 4 N–H and O–H groups in total. The van der Waals surface area contributed by atoms with Crippen molar-refractivity contribution >= 4 is 52.5 Å². The van der Waals surface area contributed by atoms with Crippen molar-refractivity contribution in [2.75, 3.05) is 16.9 Å². The first-order valence-electron chi connectivity index (χ1n) is 6.53. The van der Waals surface area contributed by atoms with Crippen LogP contribution >= 0.6 is 23.2 Å². The van der Waals surface area contributed by atoms with Crippen LogP contribution in [0.2, 0.25) is 5.02 Å². The molecule has 0 fully saturated rings. The number of nitrogens with two attached hydrogens (primary N) is 1. The summed E-state index contributed by atoms with van der Waals surface area (Å²) in [5.41, 5.74) is 5.06. The van der Waals surface area contributed by atoms with Crippen LogP contribution < -0.4 is 11.1 Å². The van der Waals surface area contributed by atoms with E-state index in [4.69, 9.17) is 34.3 Å². The van der Waals surface area contributed by atoms with Gasteiger partial charge < -0.3 is 16.5 Å². The number of nitrogen functional groups attached to an aromatic ring is 1. The molecule has 0 bridgehead atoms. The number of carbonyl (C=O) groups is 2. The lowest BCUT2D eigenvalue weighted by molar-refractivity contribution is -0.113. The van der Waals surface area contributed by atoms with Gasteiger partial charge >= 0.3 is 0 Å². The number of pyridine rings is 1. The Bertz CT molecular complexity index is 842. The highest BCUT2D eigenvalue weighted by Crippen LogP contribution is 2.25. The van der Waals surface area contributed by atoms with Crippen LogP contribution in [0.4, 0.5) is 15.8 Å². The summed E-state index contributed by atoms with van der Waals surface area (Å²) in [7, 11) is 0. The summed E-state index contributed by atoms with van der Waals surface area (Å²) in [5.74, 6) is -2.28. The van der Waals surface area contributed by atoms with E-state index in [1.165, 1.54) is 18.3 Å². The first-order chi connectivity index (χ1) is 11.4. The normalized spacial score (nSPS) is 10.3. The fourth-order valence-corrected chi connectivity index (χ4v) is 2.21. The number of alkyl halides is 1. The minimum atomic E-state index is -0.746. The maximum absolute atomic E-state index is 13.5. The maximum atomic E-state index is 13.5. The van der Waals surface area contributed by atoms with Gasteiger partial charge in [0.1, 0.15) is 17.4 Å². The Hall–Kier alpha value is -2.51. The number of halogens is 3. The molecular weight excluding hydrogens is 358 g/mol. The standard InChI is InChI=1S/C15H11Cl2FN4O2/c16-4-12(23)22-11-3-7(17)6-21-14(11)15(24)8-1-2-10(18)13(20)9(8)5-19/h1-3,5-6,19H,4,20H2,(H,22,23). The molecule has 0 saturated heterocycles. The largest absolute Gasteiger partial charge is 0.396 e. The van der Waals surface area contributed by atoms with Gasteiger partial charge in [0.05, 0.1) is 16.4 Å². The molecule has 0 saturated carbocycles. The van der Waals surface area contributed by atoms with Gasteiger partial charge in [0.15, 0.2) is 0 Å². The van der Waals surface area contributed by atoms with Crippen LogP contribution in [0.5, 0.6) is 0 Å². The van der Waals surface area contributed by atoms with Gasteiger partial charge in [-0.3, -0.25) is 9.59 Å². The van der Waals surface area contributed by atoms with Crippen molar-refractivity contribution in [3.05, 3.63) is 52.1 Å².